The number of benzene rings is 2. The van der Waals surface area contributed by atoms with E-state index < -0.39 is 19.5 Å². The average molecular weight is 505 g/mol. The summed E-state index contributed by atoms with van der Waals surface area (Å²) in [4.78, 5) is 22.9. The molecule has 2 aromatic carbocycles. The summed E-state index contributed by atoms with van der Waals surface area (Å²) in [6.07, 6.45) is 1.16. The third-order valence-electron chi connectivity index (χ3n) is 5.89. The van der Waals surface area contributed by atoms with E-state index in [1.54, 1.807) is 23.1 Å². The Morgan fingerprint density at radius 2 is 1.89 bits per heavy atom. The number of fused-ring (bicyclic) bond motifs is 1. The first-order chi connectivity index (χ1) is 16.7. The van der Waals surface area contributed by atoms with Crippen LogP contribution in [0, 0.1) is 17.3 Å². The minimum Gasteiger partial charge on any atom is -0.444 e. The Labute approximate surface area is 213 Å². The van der Waals surface area contributed by atoms with E-state index in [-0.39, 0.29) is 11.5 Å². The number of hydrogen-bond acceptors (Lipinski definition) is 5. The predicted octanol–water partition coefficient (Wildman–Crippen LogP) is 6.25. The molecule has 6 nitrogen and oxygen atoms in total. The summed E-state index contributed by atoms with van der Waals surface area (Å²) in [6.45, 7) is 15.2. The van der Waals surface area contributed by atoms with E-state index in [0.29, 0.717) is 30.2 Å². The van der Waals surface area contributed by atoms with Crippen LogP contribution < -0.4 is 5.32 Å². The standard InChI is InChI=1S/C28H33FN4O2Si/c1-27(2,3)35-26(34)33-16-28(4,17-33)20-11-12-22-21(15-20)25(31-18-30-22)32-23-10-8-9-19(24(23)29)13-14-36(5,6)7/h8-12,15,18H,16-17H2,1-7H3,(H,30,31,32). The van der Waals surface area contributed by atoms with Crippen LogP contribution in [0.25, 0.3) is 10.9 Å². The molecule has 1 N–H and O–H groups in total. The summed E-state index contributed by atoms with van der Waals surface area (Å²) in [5.41, 5.74) is 4.95. The molecule has 0 saturated carbocycles. The van der Waals surface area contributed by atoms with Crippen LogP contribution in [0.1, 0.15) is 38.8 Å². The minimum absolute atomic E-state index is 0.226. The van der Waals surface area contributed by atoms with Gasteiger partial charge in [0.15, 0.2) is 5.82 Å². The van der Waals surface area contributed by atoms with E-state index in [0.717, 1.165) is 16.5 Å². The highest BCUT2D eigenvalue weighted by Crippen LogP contribution is 2.37. The smallest absolute Gasteiger partial charge is 0.410 e. The molecule has 2 heterocycles. The lowest BCUT2D eigenvalue weighted by molar-refractivity contribution is -0.00648. The van der Waals surface area contributed by atoms with Gasteiger partial charge in [-0.3, -0.25) is 0 Å². The summed E-state index contributed by atoms with van der Waals surface area (Å²) >= 11 is 0. The third kappa shape index (κ3) is 5.68. The molecule has 1 saturated heterocycles. The van der Waals surface area contributed by atoms with Crippen molar-refractivity contribution in [2.24, 2.45) is 0 Å². The number of carbonyl (C=O) groups excluding carboxylic acids is 1. The van der Waals surface area contributed by atoms with Gasteiger partial charge in [-0.05, 0) is 50.6 Å². The second-order valence-corrected chi connectivity index (χ2v) is 16.4. The summed E-state index contributed by atoms with van der Waals surface area (Å²) in [5.74, 6) is 3.13. The maximum atomic E-state index is 15.3. The number of likely N-dealkylation sites (tertiary alicyclic amines) is 1. The van der Waals surface area contributed by atoms with E-state index in [4.69, 9.17) is 4.74 Å². The number of ether oxygens (including phenoxy) is 1. The van der Waals surface area contributed by atoms with Gasteiger partial charge in [0.2, 0.25) is 0 Å². The largest absolute Gasteiger partial charge is 0.444 e. The molecular formula is C28H33FN4O2Si. The van der Waals surface area contributed by atoms with Crippen molar-refractivity contribution in [3.8, 4) is 11.5 Å². The fourth-order valence-electron chi connectivity index (χ4n) is 4.07. The van der Waals surface area contributed by atoms with Crippen LogP contribution in [0.4, 0.5) is 20.7 Å². The number of carbonyl (C=O) groups is 1. The Hall–Kier alpha value is -3.44. The zero-order valence-electron chi connectivity index (χ0n) is 22.0. The van der Waals surface area contributed by atoms with Gasteiger partial charge >= 0.3 is 6.09 Å². The van der Waals surface area contributed by atoms with Crippen molar-refractivity contribution in [2.45, 2.75) is 58.4 Å². The van der Waals surface area contributed by atoms with Crippen molar-refractivity contribution in [3.05, 3.63) is 59.7 Å². The molecule has 3 aromatic rings. The average Bonchev–Trinajstić information content (AvgIpc) is 2.75. The van der Waals surface area contributed by atoms with Crippen LogP contribution in [0.2, 0.25) is 19.6 Å². The molecule has 1 aromatic heterocycles. The first kappa shape index (κ1) is 25.6. The molecule has 8 heteroatoms. The van der Waals surface area contributed by atoms with Gasteiger partial charge in [0.1, 0.15) is 25.8 Å². The number of nitrogens with zero attached hydrogens (tertiary/aromatic N) is 3. The molecule has 0 aliphatic carbocycles. The first-order valence-electron chi connectivity index (χ1n) is 12.1. The van der Waals surface area contributed by atoms with Gasteiger partial charge in [-0.25, -0.2) is 19.2 Å². The van der Waals surface area contributed by atoms with Crippen molar-refractivity contribution in [1.29, 1.82) is 0 Å². The van der Waals surface area contributed by atoms with Crippen molar-refractivity contribution in [2.75, 3.05) is 18.4 Å². The Morgan fingerprint density at radius 1 is 1.17 bits per heavy atom. The van der Waals surface area contributed by atoms with E-state index in [2.05, 4.69) is 53.3 Å². The highest BCUT2D eigenvalue weighted by atomic mass is 28.3. The lowest BCUT2D eigenvalue weighted by Crippen LogP contribution is -2.60. The number of rotatable bonds is 3. The molecule has 0 unspecified atom stereocenters. The van der Waals surface area contributed by atoms with E-state index in [1.807, 2.05) is 39.0 Å². The first-order valence-corrected chi connectivity index (χ1v) is 15.6. The number of halogens is 1. The number of aromatic nitrogens is 2. The van der Waals surface area contributed by atoms with Crippen LogP contribution >= 0.6 is 0 Å². The third-order valence-corrected chi connectivity index (χ3v) is 6.76. The highest BCUT2D eigenvalue weighted by molar-refractivity contribution is 6.83. The van der Waals surface area contributed by atoms with Crippen LogP contribution in [0.15, 0.2) is 42.7 Å². The van der Waals surface area contributed by atoms with Crippen molar-refractivity contribution < 1.29 is 13.9 Å². The Kier molecular flexibility index (Phi) is 6.56. The minimum atomic E-state index is -1.64. The van der Waals surface area contributed by atoms with Crippen molar-refractivity contribution in [3.63, 3.8) is 0 Å². The summed E-state index contributed by atoms with van der Waals surface area (Å²) < 4.78 is 20.8. The molecular weight excluding hydrogens is 471 g/mol. The number of amides is 1. The van der Waals surface area contributed by atoms with Crippen LogP contribution in [-0.2, 0) is 10.2 Å². The molecule has 0 atom stereocenters. The van der Waals surface area contributed by atoms with Gasteiger partial charge in [0.05, 0.1) is 16.8 Å². The van der Waals surface area contributed by atoms with Crippen molar-refractivity contribution >= 4 is 36.6 Å². The van der Waals surface area contributed by atoms with Gasteiger partial charge in [-0.2, -0.15) is 0 Å². The maximum Gasteiger partial charge on any atom is 0.410 e. The lowest BCUT2D eigenvalue weighted by atomic mass is 9.75. The molecule has 1 amide bonds. The topological polar surface area (TPSA) is 67.3 Å². The van der Waals surface area contributed by atoms with Gasteiger partial charge < -0.3 is 15.0 Å². The van der Waals surface area contributed by atoms with Gasteiger partial charge in [-0.15, -0.1) is 5.54 Å². The fraction of sp³-hybridized carbons (Fsp3) is 0.393. The van der Waals surface area contributed by atoms with Gasteiger partial charge in [-0.1, -0.05) is 44.6 Å². The lowest BCUT2D eigenvalue weighted by Gasteiger charge is -2.48. The Bertz CT molecular complexity index is 1380. The summed E-state index contributed by atoms with van der Waals surface area (Å²) in [5, 5.41) is 3.94. The fourth-order valence-corrected chi connectivity index (χ4v) is 4.58. The van der Waals surface area contributed by atoms with E-state index in [1.165, 1.54) is 6.33 Å². The second-order valence-electron chi connectivity index (χ2n) is 11.6. The molecule has 4 rings (SSSR count). The summed E-state index contributed by atoms with van der Waals surface area (Å²) in [6, 6.07) is 11.1. The predicted molar refractivity (Wildman–Crippen MR) is 145 cm³/mol. The zero-order chi connectivity index (χ0) is 26.3. The highest BCUT2D eigenvalue weighted by Gasteiger charge is 2.44. The van der Waals surface area contributed by atoms with Crippen LogP contribution in [0.5, 0.6) is 0 Å². The molecule has 188 valence electrons. The maximum absolute atomic E-state index is 15.3. The molecule has 0 bridgehead atoms. The van der Waals surface area contributed by atoms with Gasteiger partial charge in [0.25, 0.3) is 0 Å². The quantitative estimate of drug-likeness (QED) is 0.337. The Balaban J connectivity index is 1.61. The zero-order valence-corrected chi connectivity index (χ0v) is 23.0. The van der Waals surface area contributed by atoms with Crippen molar-refractivity contribution in [1.82, 2.24) is 14.9 Å². The van der Waals surface area contributed by atoms with E-state index >= 15 is 4.39 Å². The van der Waals surface area contributed by atoms with E-state index in [9.17, 15) is 4.79 Å². The van der Waals surface area contributed by atoms with Crippen LogP contribution in [-0.4, -0.2) is 47.7 Å². The monoisotopic (exact) mass is 504 g/mol. The molecule has 1 aliphatic heterocycles. The Morgan fingerprint density at radius 3 is 2.56 bits per heavy atom. The molecule has 1 aliphatic rings. The number of anilines is 2. The summed E-state index contributed by atoms with van der Waals surface area (Å²) in [7, 11) is -1.64. The SMILES string of the molecule is CC(C)(C)OC(=O)N1CC(C)(c2ccc3ncnc(Nc4cccc(C#C[Si](C)(C)C)c4F)c3c2)C1. The second kappa shape index (κ2) is 9.21. The number of hydrogen-bond donors (Lipinski definition) is 1. The molecule has 0 spiro atoms. The molecule has 36 heavy (non-hydrogen) atoms. The number of nitrogens with one attached hydrogen (secondary N) is 1. The van der Waals surface area contributed by atoms with Gasteiger partial charge in [0, 0.05) is 23.9 Å². The van der Waals surface area contributed by atoms with Crippen LogP contribution in [0.3, 0.4) is 0 Å². The molecule has 0 radical (unpaired) electrons. The normalized spacial score (nSPS) is 15.1. The molecule has 1 fully saturated rings.